The summed E-state index contributed by atoms with van der Waals surface area (Å²) in [5.41, 5.74) is 5.67. The molecule has 1 aromatic carbocycles. The van der Waals surface area contributed by atoms with Gasteiger partial charge in [-0.1, -0.05) is 24.2 Å². The Morgan fingerprint density at radius 2 is 2.27 bits per heavy atom. The first kappa shape index (κ1) is 15.9. The van der Waals surface area contributed by atoms with Crippen molar-refractivity contribution in [2.24, 2.45) is 5.73 Å². The van der Waals surface area contributed by atoms with E-state index in [-0.39, 0.29) is 24.0 Å². The molecule has 0 radical (unpaired) electrons. The van der Waals surface area contributed by atoms with Crippen LogP contribution in [0.15, 0.2) is 28.8 Å². The Bertz CT molecular complexity index is 643. The van der Waals surface area contributed by atoms with Crippen LogP contribution in [-0.4, -0.2) is 44.3 Å². The molecule has 2 rings (SSSR count). The summed E-state index contributed by atoms with van der Waals surface area (Å²) in [6.07, 6.45) is -0.773. The van der Waals surface area contributed by atoms with Gasteiger partial charge in [0.05, 0.1) is 12.6 Å². The number of phenols is 1. The molecule has 4 N–H and O–H groups in total. The first-order chi connectivity index (χ1) is 10.5. The van der Waals surface area contributed by atoms with E-state index in [2.05, 4.69) is 10.1 Å². The molecule has 0 aliphatic heterocycles. The van der Waals surface area contributed by atoms with Crippen molar-refractivity contribution in [1.29, 1.82) is 0 Å². The zero-order chi connectivity index (χ0) is 16.1. The summed E-state index contributed by atoms with van der Waals surface area (Å²) in [7, 11) is 0. The van der Waals surface area contributed by atoms with Crippen molar-refractivity contribution in [2.75, 3.05) is 13.1 Å². The van der Waals surface area contributed by atoms with Gasteiger partial charge in [-0.25, -0.2) is 0 Å². The highest BCUT2D eigenvalue weighted by Crippen LogP contribution is 2.19. The van der Waals surface area contributed by atoms with Crippen LogP contribution in [0.25, 0.3) is 0 Å². The minimum Gasteiger partial charge on any atom is -0.508 e. The molecule has 0 spiro atoms. The number of nitrogens with two attached hydrogens (primary N) is 1. The number of nitrogens with zero attached hydrogens (tertiary/aromatic N) is 3. The quantitative estimate of drug-likeness (QED) is 0.677. The molecule has 2 aromatic rings. The van der Waals surface area contributed by atoms with Gasteiger partial charge in [0.25, 0.3) is 11.7 Å². The number of hydrogen-bond donors (Lipinski definition) is 3. The smallest absolute Gasteiger partial charge is 0.290 e. The number of aliphatic hydroxyl groups is 1. The zero-order valence-electron chi connectivity index (χ0n) is 12.1. The van der Waals surface area contributed by atoms with Crippen LogP contribution in [0.3, 0.4) is 0 Å². The normalized spacial score (nSPS) is 12.5. The first-order valence-corrected chi connectivity index (χ1v) is 6.81. The number of aromatic nitrogens is 2. The third-order valence-corrected chi connectivity index (χ3v) is 3.18. The molecule has 8 nitrogen and oxygen atoms in total. The molecule has 0 fully saturated rings. The number of carbonyl (C=O) groups is 1. The van der Waals surface area contributed by atoms with Crippen LogP contribution >= 0.6 is 0 Å². The summed E-state index contributed by atoms with van der Waals surface area (Å²) in [6.45, 7) is 3.14. The average molecular weight is 306 g/mol. The van der Waals surface area contributed by atoms with E-state index in [1.54, 1.807) is 12.1 Å². The predicted molar refractivity (Wildman–Crippen MR) is 76.8 cm³/mol. The molecule has 118 valence electrons. The lowest BCUT2D eigenvalue weighted by Crippen LogP contribution is -2.28. The maximum absolute atomic E-state index is 10.9. The second-order valence-electron chi connectivity index (χ2n) is 4.81. The van der Waals surface area contributed by atoms with Gasteiger partial charge in [-0.05, 0) is 24.2 Å². The summed E-state index contributed by atoms with van der Waals surface area (Å²) >= 11 is 0. The lowest BCUT2D eigenvalue weighted by molar-refractivity contribution is 0.0987. The molecule has 0 saturated heterocycles. The van der Waals surface area contributed by atoms with Gasteiger partial charge in [-0.2, -0.15) is 4.98 Å². The first-order valence-electron chi connectivity index (χ1n) is 6.81. The fourth-order valence-corrected chi connectivity index (χ4v) is 2.00. The minimum absolute atomic E-state index is 0.0996. The Labute approximate surface area is 127 Å². The van der Waals surface area contributed by atoms with Gasteiger partial charge in [0.15, 0.2) is 0 Å². The van der Waals surface area contributed by atoms with Gasteiger partial charge in [0.2, 0.25) is 5.89 Å². The maximum Gasteiger partial charge on any atom is 0.290 e. The number of aliphatic hydroxyl groups excluding tert-OH is 1. The molecular formula is C14H18N4O4. The van der Waals surface area contributed by atoms with E-state index in [4.69, 9.17) is 10.3 Å². The lowest BCUT2D eigenvalue weighted by atomic mass is 10.1. The molecule has 8 heteroatoms. The molecule has 0 aliphatic rings. The molecule has 1 aromatic heterocycles. The second kappa shape index (κ2) is 7.01. The Morgan fingerprint density at radius 3 is 2.86 bits per heavy atom. The highest BCUT2D eigenvalue weighted by Gasteiger charge is 2.17. The fraction of sp³-hybridized carbons (Fsp3) is 0.357. The van der Waals surface area contributed by atoms with Crippen molar-refractivity contribution in [1.82, 2.24) is 15.0 Å². The Kier molecular flexibility index (Phi) is 5.08. The summed E-state index contributed by atoms with van der Waals surface area (Å²) in [5.74, 6) is -0.571. The number of benzene rings is 1. The van der Waals surface area contributed by atoms with Gasteiger partial charge < -0.3 is 20.5 Å². The second-order valence-corrected chi connectivity index (χ2v) is 4.81. The Morgan fingerprint density at radius 1 is 1.50 bits per heavy atom. The van der Waals surface area contributed by atoms with Crippen LogP contribution < -0.4 is 5.73 Å². The number of aromatic hydroxyl groups is 1. The number of phenolic OH excluding ortho intramolecular Hbond substituents is 1. The molecule has 22 heavy (non-hydrogen) atoms. The predicted octanol–water partition coefficient (Wildman–Crippen LogP) is 0.430. The summed E-state index contributed by atoms with van der Waals surface area (Å²) in [4.78, 5) is 16.7. The standard InChI is InChI=1S/C14H18N4O4/c1-2-18(8-12-16-14(13(15)21)17-22-12)7-11(20)9-4-3-5-10(19)6-9/h3-6,11,19-20H,2,7-8H2,1H3,(H2,15,21). The van der Waals surface area contributed by atoms with Crippen molar-refractivity contribution in [2.45, 2.75) is 19.6 Å². The summed E-state index contributed by atoms with van der Waals surface area (Å²) in [5, 5.41) is 23.1. The third-order valence-electron chi connectivity index (χ3n) is 3.18. The van der Waals surface area contributed by atoms with E-state index < -0.39 is 12.0 Å². The average Bonchev–Trinajstić information content (AvgIpc) is 2.95. The van der Waals surface area contributed by atoms with Crippen LogP contribution in [0.2, 0.25) is 0 Å². The third kappa shape index (κ3) is 4.03. The van der Waals surface area contributed by atoms with Crippen LogP contribution in [0.4, 0.5) is 0 Å². The minimum atomic E-state index is -0.773. The molecule has 1 unspecified atom stereocenters. The SMILES string of the molecule is CCN(Cc1nc(C(N)=O)no1)CC(O)c1cccc(O)c1. The van der Waals surface area contributed by atoms with Gasteiger partial charge in [0.1, 0.15) is 5.75 Å². The van der Waals surface area contributed by atoms with Gasteiger partial charge in [-0.15, -0.1) is 0 Å². The lowest BCUT2D eigenvalue weighted by Gasteiger charge is -2.22. The topological polar surface area (TPSA) is 126 Å². The van der Waals surface area contributed by atoms with E-state index in [1.165, 1.54) is 12.1 Å². The number of carbonyl (C=O) groups excluding carboxylic acids is 1. The van der Waals surface area contributed by atoms with Crippen molar-refractivity contribution >= 4 is 5.91 Å². The maximum atomic E-state index is 10.9. The Balaban J connectivity index is 2.00. The molecular weight excluding hydrogens is 288 g/mol. The van der Waals surface area contributed by atoms with Crippen LogP contribution in [-0.2, 0) is 6.54 Å². The van der Waals surface area contributed by atoms with Crippen LogP contribution in [0, 0.1) is 0 Å². The van der Waals surface area contributed by atoms with E-state index >= 15 is 0 Å². The van der Waals surface area contributed by atoms with Crippen molar-refractivity contribution in [3.8, 4) is 5.75 Å². The van der Waals surface area contributed by atoms with Gasteiger partial charge >= 0.3 is 0 Å². The van der Waals surface area contributed by atoms with E-state index in [1.807, 2.05) is 11.8 Å². The molecule has 1 atom stereocenters. The number of amides is 1. The number of rotatable bonds is 7. The van der Waals surface area contributed by atoms with Gasteiger partial charge in [0, 0.05) is 6.54 Å². The highest BCUT2D eigenvalue weighted by atomic mass is 16.5. The fourth-order valence-electron chi connectivity index (χ4n) is 2.00. The van der Waals surface area contributed by atoms with Crippen LogP contribution in [0.1, 0.15) is 35.1 Å². The largest absolute Gasteiger partial charge is 0.508 e. The van der Waals surface area contributed by atoms with Crippen molar-refractivity contribution in [3.63, 3.8) is 0 Å². The molecule has 1 amide bonds. The van der Waals surface area contributed by atoms with E-state index in [0.29, 0.717) is 18.7 Å². The highest BCUT2D eigenvalue weighted by molar-refractivity contribution is 5.88. The molecule has 0 saturated carbocycles. The van der Waals surface area contributed by atoms with Crippen LogP contribution in [0.5, 0.6) is 5.75 Å². The van der Waals surface area contributed by atoms with Crippen molar-refractivity contribution in [3.05, 3.63) is 41.5 Å². The van der Waals surface area contributed by atoms with Gasteiger partial charge in [-0.3, -0.25) is 9.69 Å². The molecule has 0 aliphatic carbocycles. The number of hydrogen-bond acceptors (Lipinski definition) is 7. The number of primary amides is 1. The van der Waals surface area contributed by atoms with Crippen molar-refractivity contribution < 1.29 is 19.5 Å². The molecule has 0 bridgehead atoms. The zero-order valence-corrected chi connectivity index (χ0v) is 12.1. The van der Waals surface area contributed by atoms with E-state index in [9.17, 15) is 15.0 Å². The van der Waals surface area contributed by atoms with E-state index in [0.717, 1.165) is 0 Å². The monoisotopic (exact) mass is 306 g/mol. The summed E-state index contributed by atoms with van der Waals surface area (Å²) in [6, 6.07) is 6.45. The Hall–Kier alpha value is -2.45. The molecule has 1 heterocycles. The number of likely N-dealkylation sites (N-methyl/N-ethyl adjacent to an activating group) is 1. The summed E-state index contributed by atoms with van der Waals surface area (Å²) < 4.78 is 4.94.